The number of allylic oxidation sites excluding steroid dienone is 8. The molecule has 78 valence electrons. The Morgan fingerprint density at radius 1 is 0.933 bits per heavy atom. The lowest BCUT2D eigenvalue weighted by molar-refractivity contribution is 0.141. The second-order valence-corrected chi connectivity index (χ2v) is 5.39. The molecule has 0 heteroatoms. The van der Waals surface area contributed by atoms with Gasteiger partial charge in [-0.2, -0.15) is 0 Å². The normalized spacial score (nSPS) is 46.3. The first kappa shape index (κ1) is 9.21. The van der Waals surface area contributed by atoms with E-state index in [0.717, 1.165) is 17.8 Å². The zero-order valence-corrected chi connectivity index (χ0v) is 9.27. The van der Waals surface area contributed by atoms with E-state index in [2.05, 4.69) is 55.5 Å². The summed E-state index contributed by atoms with van der Waals surface area (Å²) < 4.78 is 0. The highest BCUT2D eigenvalue weighted by atomic mass is 14.4. The summed E-state index contributed by atoms with van der Waals surface area (Å²) >= 11 is 0. The fraction of sp³-hybridized carbons (Fsp3) is 0.467. The van der Waals surface area contributed by atoms with Crippen molar-refractivity contribution in [3.8, 4) is 0 Å². The monoisotopic (exact) mass is 198 g/mol. The van der Waals surface area contributed by atoms with Crippen LogP contribution in [0.4, 0.5) is 0 Å². The van der Waals surface area contributed by atoms with E-state index in [0.29, 0.717) is 5.41 Å². The Hall–Kier alpha value is -1.04. The van der Waals surface area contributed by atoms with Crippen LogP contribution >= 0.6 is 0 Å². The van der Waals surface area contributed by atoms with E-state index in [1.165, 1.54) is 12.8 Å². The van der Waals surface area contributed by atoms with Gasteiger partial charge in [0.2, 0.25) is 0 Å². The van der Waals surface area contributed by atoms with Crippen LogP contribution in [-0.4, -0.2) is 0 Å². The molecule has 0 radical (unpaired) electrons. The first-order valence-electron chi connectivity index (χ1n) is 5.99. The van der Waals surface area contributed by atoms with Gasteiger partial charge in [0.05, 0.1) is 0 Å². The molecule has 3 aliphatic rings. The fourth-order valence-electron chi connectivity index (χ4n) is 3.36. The van der Waals surface area contributed by atoms with Gasteiger partial charge in [-0.1, -0.05) is 55.5 Å². The van der Waals surface area contributed by atoms with Gasteiger partial charge in [0.1, 0.15) is 0 Å². The molecule has 0 amide bonds. The molecular formula is C15H18. The van der Waals surface area contributed by atoms with Crippen molar-refractivity contribution in [2.45, 2.75) is 19.8 Å². The van der Waals surface area contributed by atoms with Crippen LogP contribution in [0, 0.1) is 23.2 Å². The van der Waals surface area contributed by atoms with Gasteiger partial charge >= 0.3 is 0 Å². The predicted octanol–water partition coefficient (Wildman–Crippen LogP) is 3.89. The summed E-state index contributed by atoms with van der Waals surface area (Å²) in [5.74, 6) is 2.30. The van der Waals surface area contributed by atoms with Crippen molar-refractivity contribution in [1.29, 1.82) is 0 Å². The Balaban J connectivity index is 1.90. The first-order valence-corrected chi connectivity index (χ1v) is 5.99. The molecule has 3 rings (SSSR count). The second-order valence-electron chi connectivity index (χ2n) is 5.39. The minimum Gasteiger partial charge on any atom is -0.0808 e. The number of hydrogen-bond acceptors (Lipinski definition) is 0. The van der Waals surface area contributed by atoms with Crippen molar-refractivity contribution >= 4 is 0 Å². The number of rotatable bonds is 0. The van der Waals surface area contributed by atoms with E-state index in [9.17, 15) is 0 Å². The van der Waals surface area contributed by atoms with Gasteiger partial charge < -0.3 is 0 Å². The third-order valence-electron chi connectivity index (χ3n) is 4.36. The first-order chi connectivity index (χ1) is 7.28. The molecule has 0 nitrogen and oxygen atoms in total. The molecule has 3 aliphatic carbocycles. The van der Waals surface area contributed by atoms with Gasteiger partial charge in [0.25, 0.3) is 0 Å². The molecule has 15 heavy (non-hydrogen) atoms. The summed E-state index contributed by atoms with van der Waals surface area (Å²) in [5.41, 5.74) is 0.408. The second kappa shape index (κ2) is 3.23. The van der Waals surface area contributed by atoms with E-state index in [-0.39, 0.29) is 0 Å². The Bertz CT molecular complexity index is 369. The van der Waals surface area contributed by atoms with Gasteiger partial charge in [-0.25, -0.2) is 0 Å². The lowest BCUT2D eigenvalue weighted by atomic mass is 9.58. The van der Waals surface area contributed by atoms with Crippen molar-refractivity contribution in [3.63, 3.8) is 0 Å². The van der Waals surface area contributed by atoms with E-state index in [1.807, 2.05) is 0 Å². The van der Waals surface area contributed by atoms with Crippen LogP contribution in [0.5, 0.6) is 0 Å². The third kappa shape index (κ3) is 1.43. The van der Waals surface area contributed by atoms with Crippen molar-refractivity contribution < 1.29 is 0 Å². The van der Waals surface area contributed by atoms with Crippen molar-refractivity contribution in [1.82, 2.24) is 0 Å². The highest BCUT2D eigenvalue weighted by Crippen LogP contribution is 2.50. The van der Waals surface area contributed by atoms with Gasteiger partial charge in [0.15, 0.2) is 0 Å². The van der Waals surface area contributed by atoms with Crippen LogP contribution < -0.4 is 0 Å². The van der Waals surface area contributed by atoms with Crippen LogP contribution in [-0.2, 0) is 0 Å². The number of hydrogen-bond donors (Lipinski definition) is 0. The van der Waals surface area contributed by atoms with Crippen molar-refractivity contribution in [2.75, 3.05) is 0 Å². The van der Waals surface area contributed by atoms with E-state index in [4.69, 9.17) is 0 Å². The lowest BCUT2D eigenvalue weighted by Gasteiger charge is -2.46. The largest absolute Gasteiger partial charge is 0.0808 e. The molecule has 0 heterocycles. The summed E-state index contributed by atoms with van der Waals surface area (Å²) in [6, 6.07) is 0. The minimum atomic E-state index is 0.408. The molecule has 1 fully saturated rings. The maximum atomic E-state index is 2.42. The summed E-state index contributed by atoms with van der Waals surface area (Å²) in [6.45, 7) is 2.42. The lowest BCUT2D eigenvalue weighted by Crippen LogP contribution is -2.37. The van der Waals surface area contributed by atoms with E-state index in [1.54, 1.807) is 0 Å². The molecule has 0 aliphatic heterocycles. The van der Waals surface area contributed by atoms with Gasteiger partial charge in [-0.15, -0.1) is 0 Å². The molecule has 0 bridgehead atoms. The minimum absolute atomic E-state index is 0.408. The average Bonchev–Trinajstić information content (AvgIpc) is 2.25. The standard InChI is InChI=1S/C15H18/c1-15-9-5-4-8-14(15)10-12-6-2-3-7-13(12)11-15/h2-9,12-14H,10-11H2,1H3/t12?,13?,14?,15-/m0/s1. The molecule has 0 spiro atoms. The van der Waals surface area contributed by atoms with Gasteiger partial charge in [-0.3, -0.25) is 0 Å². The molecule has 0 aromatic heterocycles. The van der Waals surface area contributed by atoms with Gasteiger partial charge in [0, 0.05) is 0 Å². The van der Waals surface area contributed by atoms with Gasteiger partial charge in [-0.05, 0) is 36.0 Å². The quantitative estimate of drug-likeness (QED) is 0.554. The zero-order valence-electron chi connectivity index (χ0n) is 9.27. The van der Waals surface area contributed by atoms with Crippen LogP contribution in [0.15, 0.2) is 48.6 Å². The Kier molecular flexibility index (Phi) is 1.98. The molecule has 1 saturated carbocycles. The molecule has 0 saturated heterocycles. The average molecular weight is 198 g/mol. The SMILES string of the molecule is C[C@@]12C=CC=CC1CC1C=CC=CC1C2. The summed E-state index contributed by atoms with van der Waals surface area (Å²) in [5, 5.41) is 0. The Labute approximate surface area is 92.1 Å². The molecular weight excluding hydrogens is 180 g/mol. The summed E-state index contributed by atoms with van der Waals surface area (Å²) in [7, 11) is 0. The van der Waals surface area contributed by atoms with E-state index >= 15 is 0 Å². The molecule has 0 N–H and O–H groups in total. The van der Waals surface area contributed by atoms with Crippen LogP contribution in [0.2, 0.25) is 0 Å². The maximum Gasteiger partial charge on any atom is -0.00745 e. The smallest absolute Gasteiger partial charge is 0.00745 e. The third-order valence-corrected chi connectivity index (χ3v) is 4.36. The van der Waals surface area contributed by atoms with Crippen LogP contribution in [0.1, 0.15) is 19.8 Å². The predicted molar refractivity (Wildman–Crippen MR) is 64.4 cm³/mol. The van der Waals surface area contributed by atoms with Crippen molar-refractivity contribution in [2.24, 2.45) is 23.2 Å². The van der Waals surface area contributed by atoms with Crippen molar-refractivity contribution in [3.05, 3.63) is 48.6 Å². The summed E-state index contributed by atoms with van der Waals surface area (Å²) in [4.78, 5) is 0. The fourth-order valence-corrected chi connectivity index (χ4v) is 3.36. The molecule has 4 atom stereocenters. The van der Waals surface area contributed by atoms with E-state index < -0.39 is 0 Å². The maximum absolute atomic E-state index is 2.42. The highest BCUT2D eigenvalue weighted by Gasteiger charge is 2.41. The van der Waals surface area contributed by atoms with Crippen LogP contribution in [0.25, 0.3) is 0 Å². The molecule has 0 aromatic carbocycles. The Morgan fingerprint density at radius 3 is 2.53 bits per heavy atom. The topological polar surface area (TPSA) is 0 Å². The van der Waals surface area contributed by atoms with Crippen LogP contribution in [0.3, 0.4) is 0 Å². The molecule has 0 aromatic rings. The zero-order chi connectivity index (χ0) is 10.3. The molecule has 3 unspecified atom stereocenters. The number of fused-ring (bicyclic) bond motifs is 2. The summed E-state index contributed by atoms with van der Waals surface area (Å²) in [6.07, 6.45) is 21.1. The Morgan fingerprint density at radius 2 is 1.67 bits per heavy atom. The highest BCUT2D eigenvalue weighted by molar-refractivity contribution is 5.25.